The van der Waals surface area contributed by atoms with Gasteiger partial charge in [-0.2, -0.15) is 15.0 Å². The van der Waals surface area contributed by atoms with Crippen molar-refractivity contribution in [2.75, 3.05) is 18.2 Å². The van der Waals surface area contributed by atoms with E-state index in [9.17, 15) is 0 Å². The number of nitrogens with one attached hydrogen (secondary N) is 1. The lowest BCUT2D eigenvalue weighted by molar-refractivity contribution is 0.0234. The van der Waals surface area contributed by atoms with Gasteiger partial charge in [0.15, 0.2) is 0 Å². The molecular weight excluding hydrogens is 266 g/mol. The van der Waals surface area contributed by atoms with Crippen LogP contribution < -0.4 is 15.8 Å². The summed E-state index contributed by atoms with van der Waals surface area (Å²) >= 11 is 0. The molecule has 1 aromatic rings. The van der Waals surface area contributed by atoms with Crippen LogP contribution in [-0.4, -0.2) is 27.6 Å². The fourth-order valence-corrected chi connectivity index (χ4v) is 4.96. The van der Waals surface area contributed by atoms with Crippen LogP contribution in [-0.2, 0) is 0 Å². The number of methoxy groups -OCH3 is 1. The van der Waals surface area contributed by atoms with Crippen LogP contribution in [0.25, 0.3) is 0 Å². The zero-order chi connectivity index (χ0) is 14.4. The van der Waals surface area contributed by atoms with Crippen molar-refractivity contribution in [3.8, 4) is 6.01 Å². The van der Waals surface area contributed by atoms with E-state index in [-0.39, 0.29) is 17.5 Å². The average molecular weight is 289 g/mol. The summed E-state index contributed by atoms with van der Waals surface area (Å²) in [6.07, 6.45) is 9.31. The molecule has 0 radical (unpaired) electrons. The van der Waals surface area contributed by atoms with Crippen LogP contribution in [0.15, 0.2) is 0 Å². The van der Waals surface area contributed by atoms with Gasteiger partial charge in [-0.25, -0.2) is 0 Å². The highest BCUT2D eigenvalue weighted by molar-refractivity contribution is 5.36. The monoisotopic (exact) mass is 289 g/mol. The highest BCUT2D eigenvalue weighted by Gasteiger charge is 2.49. The predicted molar refractivity (Wildman–Crippen MR) is 79.9 cm³/mol. The number of hydrogen-bond donors (Lipinski definition) is 2. The van der Waals surface area contributed by atoms with Crippen molar-refractivity contribution in [2.24, 2.45) is 17.8 Å². The lowest BCUT2D eigenvalue weighted by Gasteiger charge is -2.55. The van der Waals surface area contributed by atoms with Gasteiger partial charge in [-0.1, -0.05) is 6.42 Å². The summed E-state index contributed by atoms with van der Waals surface area (Å²) in [4.78, 5) is 12.5. The molecule has 0 saturated heterocycles. The van der Waals surface area contributed by atoms with E-state index in [4.69, 9.17) is 10.5 Å². The molecule has 4 rings (SSSR count). The van der Waals surface area contributed by atoms with E-state index >= 15 is 0 Å². The van der Waals surface area contributed by atoms with E-state index in [1.165, 1.54) is 44.9 Å². The molecule has 3 saturated carbocycles. The van der Waals surface area contributed by atoms with Gasteiger partial charge >= 0.3 is 6.01 Å². The summed E-state index contributed by atoms with van der Waals surface area (Å²) in [6, 6.07) is 0.283. The van der Waals surface area contributed by atoms with E-state index in [2.05, 4.69) is 20.3 Å². The normalized spacial score (nSPS) is 37.3. The maximum Gasteiger partial charge on any atom is 0.322 e. The van der Waals surface area contributed by atoms with Crippen molar-refractivity contribution in [1.29, 1.82) is 0 Å². The van der Waals surface area contributed by atoms with Crippen molar-refractivity contribution in [2.45, 2.75) is 50.5 Å². The summed E-state index contributed by atoms with van der Waals surface area (Å²) in [5, 5.41) is 3.60. The van der Waals surface area contributed by atoms with Crippen molar-refractivity contribution in [1.82, 2.24) is 15.0 Å². The zero-order valence-electron chi connectivity index (χ0n) is 12.5. The van der Waals surface area contributed by atoms with Gasteiger partial charge in [-0.05, 0) is 56.3 Å². The highest BCUT2D eigenvalue weighted by Crippen LogP contribution is 2.54. The van der Waals surface area contributed by atoms with Gasteiger partial charge in [0, 0.05) is 5.54 Å². The lowest BCUT2D eigenvalue weighted by Crippen LogP contribution is -2.53. The lowest BCUT2D eigenvalue weighted by atomic mass is 9.54. The molecule has 0 aromatic carbocycles. The second kappa shape index (κ2) is 4.71. The Labute approximate surface area is 124 Å². The Hall–Kier alpha value is -1.59. The molecule has 114 valence electrons. The quantitative estimate of drug-likeness (QED) is 0.887. The largest absolute Gasteiger partial charge is 0.467 e. The van der Waals surface area contributed by atoms with Crippen LogP contribution in [0.1, 0.15) is 44.9 Å². The van der Waals surface area contributed by atoms with Gasteiger partial charge in [0.1, 0.15) is 0 Å². The van der Waals surface area contributed by atoms with E-state index in [1.807, 2.05) is 0 Å². The summed E-state index contributed by atoms with van der Waals surface area (Å²) in [6.45, 7) is 0. The Morgan fingerprint density at radius 1 is 1.14 bits per heavy atom. The Morgan fingerprint density at radius 2 is 2.05 bits per heavy atom. The molecule has 0 amide bonds. The van der Waals surface area contributed by atoms with Gasteiger partial charge in [-0.15, -0.1) is 0 Å². The predicted octanol–water partition coefficient (Wildman–Crippen LogP) is 2.23. The van der Waals surface area contributed by atoms with Crippen LogP contribution in [0.3, 0.4) is 0 Å². The second-order valence-corrected chi connectivity index (χ2v) is 7.06. The molecule has 6 heteroatoms. The van der Waals surface area contributed by atoms with Crippen LogP contribution in [0.4, 0.5) is 11.9 Å². The number of hydrogen-bond acceptors (Lipinski definition) is 6. The molecule has 3 N–H and O–H groups in total. The minimum absolute atomic E-state index is 0.156. The number of ether oxygens (including phenoxy) is 1. The average Bonchev–Trinajstić information content (AvgIpc) is 2.44. The molecule has 1 aromatic heterocycles. The second-order valence-electron chi connectivity index (χ2n) is 7.06. The molecule has 6 nitrogen and oxygen atoms in total. The molecular formula is C15H23N5O. The molecule has 21 heavy (non-hydrogen) atoms. The van der Waals surface area contributed by atoms with Crippen molar-refractivity contribution in [3.05, 3.63) is 0 Å². The first-order chi connectivity index (χ1) is 10.2. The smallest absolute Gasteiger partial charge is 0.322 e. The van der Waals surface area contributed by atoms with Crippen LogP contribution in [0.5, 0.6) is 6.01 Å². The maximum absolute atomic E-state index is 5.74. The Kier molecular flexibility index (Phi) is 2.94. The topological polar surface area (TPSA) is 86.0 Å². The fourth-order valence-electron chi connectivity index (χ4n) is 4.96. The molecule has 0 spiro atoms. The number of rotatable bonds is 3. The standard InChI is InChI=1S/C15H23N5O/c1-21-14-18-12(16)17-13(19-14)20-15-5-4-10-3-2-9(7-15)6-11(10)8-15/h9-11H,2-8H2,1H3,(H3,16,17,18,19,20). The minimum atomic E-state index is 0.156. The van der Waals surface area contributed by atoms with Crippen LogP contribution >= 0.6 is 0 Å². The van der Waals surface area contributed by atoms with Crippen molar-refractivity contribution < 1.29 is 4.74 Å². The SMILES string of the molecule is COc1nc(N)nc(NC23CCC4CCC(CC4C2)C3)n1. The molecule has 0 aliphatic heterocycles. The molecule has 3 fully saturated rings. The van der Waals surface area contributed by atoms with E-state index in [0.29, 0.717) is 5.95 Å². The number of fused-ring (bicyclic) bond motifs is 2. The van der Waals surface area contributed by atoms with Gasteiger partial charge in [-0.3, -0.25) is 0 Å². The van der Waals surface area contributed by atoms with Gasteiger partial charge in [0.25, 0.3) is 0 Å². The van der Waals surface area contributed by atoms with Gasteiger partial charge in [0.05, 0.1) is 7.11 Å². The number of nitrogen functional groups attached to an aromatic ring is 1. The number of nitrogens with two attached hydrogens (primary N) is 1. The Bertz CT molecular complexity index is 547. The minimum Gasteiger partial charge on any atom is -0.467 e. The summed E-state index contributed by atoms with van der Waals surface area (Å²) in [5.41, 5.74) is 5.90. The third-order valence-corrected chi connectivity index (χ3v) is 5.77. The third-order valence-electron chi connectivity index (χ3n) is 5.77. The summed E-state index contributed by atoms with van der Waals surface area (Å²) in [5.74, 6) is 3.49. The van der Waals surface area contributed by atoms with Crippen LogP contribution in [0, 0.1) is 17.8 Å². The van der Waals surface area contributed by atoms with E-state index in [1.54, 1.807) is 7.11 Å². The fraction of sp³-hybridized carbons (Fsp3) is 0.800. The maximum atomic E-state index is 5.74. The van der Waals surface area contributed by atoms with E-state index in [0.717, 1.165) is 17.8 Å². The van der Waals surface area contributed by atoms with Gasteiger partial charge in [0.2, 0.25) is 11.9 Å². The first-order valence-corrected chi connectivity index (χ1v) is 7.99. The Morgan fingerprint density at radius 3 is 2.90 bits per heavy atom. The van der Waals surface area contributed by atoms with E-state index < -0.39 is 0 Å². The number of nitrogens with zero attached hydrogens (tertiary/aromatic N) is 3. The summed E-state index contributed by atoms with van der Waals surface area (Å²) < 4.78 is 5.09. The molecule has 4 unspecified atom stereocenters. The first kappa shape index (κ1) is 13.1. The highest BCUT2D eigenvalue weighted by atomic mass is 16.5. The first-order valence-electron chi connectivity index (χ1n) is 7.99. The number of aromatic nitrogens is 3. The van der Waals surface area contributed by atoms with Gasteiger partial charge < -0.3 is 15.8 Å². The van der Waals surface area contributed by atoms with Crippen molar-refractivity contribution >= 4 is 11.9 Å². The Balaban J connectivity index is 1.60. The molecule has 3 aliphatic carbocycles. The third kappa shape index (κ3) is 2.30. The van der Waals surface area contributed by atoms with Crippen LogP contribution in [0.2, 0.25) is 0 Å². The van der Waals surface area contributed by atoms with Crippen molar-refractivity contribution in [3.63, 3.8) is 0 Å². The molecule has 1 heterocycles. The number of anilines is 2. The zero-order valence-corrected chi connectivity index (χ0v) is 12.5. The molecule has 3 bridgehead atoms. The summed E-state index contributed by atoms with van der Waals surface area (Å²) in [7, 11) is 1.55. The molecule has 4 atom stereocenters. The molecule has 3 aliphatic rings.